The smallest absolute Gasteiger partial charge is 0.360 e. The second-order valence-electron chi connectivity index (χ2n) is 12.2. The van der Waals surface area contributed by atoms with Crippen molar-refractivity contribution in [2.75, 3.05) is 13.2 Å². The van der Waals surface area contributed by atoms with Crippen molar-refractivity contribution in [1.82, 2.24) is 14.5 Å². The van der Waals surface area contributed by atoms with Crippen LogP contribution in [0.4, 0.5) is 0 Å². The lowest BCUT2D eigenvalue weighted by Gasteiger charge is -2.74. The van der Waals surface area contributed by atoms with Crippen molar-refractivity contribution >= 4 is 22.7 Å². The molecule has 0 radical (unpaired) electrons. The fourth-order valence-corrected chi connectivity index (χ4v) is 9.23. The molecule has 1 aromatic carbocycles. The number of fused-ring (bicyclic) bond motifs is 3. The van der Waals surface area contributed by atoms with Crippen molar-refractivity contribution in [3.05, 3.63) is 40.3 Å². The molecule has 2 N–H and O–H groups in total. The summed E-state index contributed by atoms with van der Waals surface area (Å²) in [6.45, 7) is -0.468. The number of aliphatic hydroxyl groups excluding tert-OH is 1. The van der Waals surface area contributed by atoms with Gasteiger partial charge >= 0.3 is 5.97 Å². The zero-order valence-corrected chi connectivity index (χ0v) is 21.7. The fraction of sp³-hybridized carbons (Fsp3) is 0.655. The lowest BCUT2D eigenvalue weighted by Crippen LogP contribution is -2.81. The molecule has 5 fully saturated rings. The van der Waals surface area contributed by atoms with Gasteiger partial charge < -0.3 is 19.6 Å². The van der Waals surface area contributed by atoms with Gasteiger partial charge in [0.25, 0.3) is 5.56 Å². The molecule has 6 atom stereocenters. The van der Waals surface area contributed by atoms with Gasteiger partial charge in [-0.3, -0.25) is 9.69 Å². The van der Waals surface area contributed by atoms with E-state index < -0.39 is 17.2 Å². The Bertz CT molecular complexity index is 1340. The lowest BCUT2D eigenvalue weighted by atomic mass is 9.49. The zero-order valence-electron chi connectivity index (χ0n) is 21.7. The zero-order chi connectivity index (χ0) is 26.0. The van der Waals surface area contributed by atoms with Crippen LogP contribution in [0.15, 0.2) is 34.2 Å². The molecule has 2 heterocycles. The number of hydrogen-bond donors (Lipinski definition) is 2. The Balaban J connectivity index is 1.26. The minimum Gasteiger partial charge on any atom is -0.476 e. The summed E-state index contributed by atoms with van der Waals surface area (Å²) in [7, 11) is 0. The van der Waals surface area contributed by atoms with E-state index in [2.05, 4.69) is 15.0 Å². The second kappa shape index (κ2) is 9.16. The van der Waals surface area contributed by atoms with Gasteiger partial charge in [0.2, 0.25) is 5.71 Å². The summed E-state index contributed by atoms with van der Waals surface area (Å²) in [4.78, 5) is 38.4. The molecular formula is C29H36N4O5. The van der Waals surface area contributed by atoms with Crippen LogP contribution in [0.1, 0.15) is 75.9 Å². The van der Waals surface area contributed by atoms with Gasteiger partial charge in [0, 0.05) is 29.6 Å². The number of piperidine rings is 1. The number of aromatic nitrogens is 2. The van der Waals surface area contributed by atoms with Crippen LogP contribution in [0.25, 0.3) is 11.0 Å². The number of rotatable bonds is 7. The first-order chi connectivity index (χ1) is 18.5. The summed E-state index contributed by atoms with van der Waals surface area (Å²) in [5.41, 5.74) is 0.237. The molecule has 2 bridgehead atoms. The highest BCUT2D eigenvalue weighted by molar-refractivity contribution is 6.41. The third-order valence-electron chi connectivity index (χ3n) is 10.5. The quantitative estimate of drug-likeness (QED) is 0.327. The van der Waals surface area contributed by atoms with Crippen LogP contribution < -0.4 is 5.56 Å². The Morgan fingerprint density at radius 2 is 1.84 bits per heavy atom. The van der Waals surface area contributed by atoms with E-state index in [1.807, 2.05) is 28.8 Å². The molecule has 5 aliphatic rings. The highest BCUT2D eigenvalue weighted by Gasteiger charge is 2.74. The van der Waals surface area contributed by atoms with Crippen molar-refractivity contribution < 1.29 is 19.8 Å². The first-order valence-corrected chi connectivity index (χ1v) is 14.4. The number of aliphatic carboxylic acids is 1. The van der Waals surface area contributed by atoms with E-state index in [0.717, 1.165) is 30.2 Å². The van der Waals surface area contributed by atoms with Gasteiger partial charge in [0.15, 0.2) is 5.69 Å². The number of carboxylic acids is 1. The molecular weight excluding hydrogens is 484 g/mol. The SMILES string of the molecule is O=C(O)/C(=N\OCCO)c1nc2ccccc2n([C@@H]2C[C@H]3N(C4CC5CCCC(C5)C4)[C@@H]4CCCC432)c1=O. The Morgan fingerprint density at radius 1 is 1.05 bits per heavy atom. The first-order valence-electron chi connectivity index (χ1n) is 14.4. The van der Waals surface area contributed by atoms with Crippen LogP contribution in [0.5, 0.6) is 0 Å². The number of carbonyl (C=O) groups is 1. The van der Waals surface area contributed by atoms with Gasteiger partial charge in [-0.1, -0.05) is 43.0 Å². The van der Waals surface area contributed by atoms with E-state index in [1.54, 1.807) is 0 Å². The van der Waals surface area contributed by atoms with Crippen LogP contribution in [-0.4, -0.2) is 67.7 Å². The van der Waals surface area contributed by atoms with E-state index >= 15 is 0 Å². The molecule has 1 spiro atoms. The van der Waals surface area contributed by atoms with Crippen molar-refractivity contribution in [2.24, 2.45) is 22.4 Å². The molecule has 9 nitrogen and oxygen atoms in total. The van der Waals surface area contributed by atoms with E-state index in [9.17, 15) is 14.7 Å². The molecule has 0 amide bonds. The lowest BCUT2D eigenvalue weighted by molar-refractivity contribution is -0.246. The Labute approximate surface area is 221 Å². The summed E-state index contributed by atoms with van der Waals surface area (Å²) < 4.78 is 1.84. The van der Waals surface area contributed by atoms with Crippen LogP contribution in [0, 0.1) is 17.3 Å². The van der Waals surface area contributed by atoms with Crippen molar-refractivity contribution in [3.8, 4) is 0 Å². The highest BCUT2D eigenvalue weighted by Crippen LogP contribution is 2.71. The fourth-order valence-electron chi connectivity index (χ4n) is 9.23. The van der Waals surface area contributed by atoms with Crippen LogP contribution in [0.2, 0.25) is 0 Å². The first kappa shape index (κ1) is 24.3. The molecule has 202 valence electrons. The number of carboxylic acid groups (broad SMARTS) is 1. The molecule has 4 saturated carbocycles. The molecule has 1 aliphatic heterocycles. The van der Waals surface area contributed by atoms with E-state index in [4.69, 9.17) is 9.94 Å². The maximum absolute atomic E-state index is 14.0. The Hall–Kier alpha value is -2.78. The predicted molar refractivity (Wildman–Crippen MR) is 141 cm³/mol. The maximum atomic E-state index is 14.0. The molecule has 7 rings (SSSR count). The number of para-hydroxylation sites is 2. The number of oxime groups is 1. The van der Waals surface area contributed by atoms with Gasteiger partial charge in [-0.2, -0.15) is 0 Å². The van der Waals surface area contributed by atoms with Crippen molar-refractivity contribution in [2.45, 2.75) is 88.4 Å². The largest absolute Gasteiger partial charge is 0.476 e. The monoisotopic (exact) mass is 520 g/mol. The molecule has 1 saturated heterocycles. The summed E-state index contributed by atoms with van der Waals surface area (Å²) in [6, 6.07) is 9.19. The van der Waals surface area contributed by atoms with Gasteiger partial charge in [-0.25, -0.2) is 9.78 Å². The Kier molecular flexibility index (Phi) is 5.85. The Morgan fingerprint density at radius 3 is 2.61 bits per heavy atom. The third kappa shape index (κ3) is 3.43. The van der Waals surface area contributed by atoms with Gasteiger partial charge in [0.1, 0.15) is 6.61 Å². The molecule has 2 aromatic rings. The van der Waals surface area contributed by atoms with Crippen LogP contribution >= 0.6 is 0 Å². The third-order valence-corrected chi connectivity index (χ3v) is 10.5. The minimum absolute atomic E-state index is 0.0203. The number of hydrogen-bond acceptors (Lipinski definition) is 7. The number of likely N-dealkylation sites (tertiary alicyclic amines) is 1. The number of nitrogens with zero attached hydrogens (tertiary/aromatic N) is 4. The molecule has 38 heavy (non-hydrogen) atoms. The average Bonchev–Trinajstić information content (AvgIpc) is 3.33. The number of aliphatic hydroxyl groups is 1. The maximum Gasteiger partial charge on any atom is 0.360 e. The standard InChI is InChI=1S/C29H36N4O5/c34-11-12-38-31-26(28(36)37)25-27(35)33(21-8-2-1-7-20(21)30-25)24-16-23-29(24)10-4-9-22(29)32(23)19-14-17-5-3-6-18(13-17)15-19/h1-2,7-8,17-19,22-24,34H,3-6,9-16H2,(H,36,37)/b31-26-/t17?,18?,19?,22-,23-,24-,29?/m1/s1. The normalized spacial score (nSPS) is 36.2. The minimum atomic E-state index is -1.38. The van der Waals surface area contributed by atoms with Crippen LogP contribution in [-0.2, 0) is 9.63 Å². The molecule has 4 aliphatic carbocycles. The molecule has 1 aromatic heterocycles. The van der Waals surface area contributed by atoms with Gasteiger partial charge in [-0.05, 0) is 62.5 Å². The molecule has 9 heteroatoms. The molecule has 3 unspecified atom stereocenters. The van der Waals surface area contributed by atoms with Crippen molar-refractivity contribution in [3.63, 3.8) is 0 Å². The van der Waals surface area contributed by atoms with E-state index in [0.29, 0.717) is 23.6 Å². The summed E-state index contributed by atoms with van der Waals surface area (Å²) in [6.07, 6.45) is 12.6. The summed E-state index contributed by atoms with van der Waals surface area (Å²) in [5, 5.41) is 22.6. The average molecular weight is 521 g/mol. The van der Waals surface area contributed by atoms with E-state index in [1.165, 1.54) is 51.4 Å². The van der Waals surface area contributed by atoms with E-state index in [-0.39, 0.29) is 30.4 Å². The predicted octanol–water partition coefficient (Wildman–Crippen LogP) is 3.33. The second-order valence-corrected chi connectivity index (χ2v) is 12.2. The topological polar surface area (TPSA) is 117 Å². The van der Waals surface area contributed by atoms with Gasteiger partial charge in [-0.15, -0.1) is 0 Å². The summed E-state index contributed by atoms with van der Waals surface area (Å²) >= 11 is 0. The van der Waals surface area contributed by atoms with Gasteiger partial charge in [0.05, 0.1) is 17.6 Å². The number of benzene rings is 1. The highest BCUT2D eigenvalue weighted by atomic mass is 16.6. The van der Waals surface area contributed by atoms with Crippen LogP contribution in [0.3, 0.4) is 0 Å². The van der Waals surface area contributed by atoms with Crippen molar-refractivity contribution in [1.29, 1.82) is 0 Å². The summed E-state index contributed by atoms with van der Waals surface area (Å²) in [5.74, 6) is 0.391.